The number of aromatic nitrogens is 3. The number of pyridine rings is 1. The molecule has 1 aliphatic rings. The fraction of sp³-hybridized carbons (Fsp3) is 0.207. The molecule has 210 valence electrons. The van der Waals surface area contributed by atoms with Crippen molar-refractivity contribution in [3.63, 3.8) is 0 Å². The minimum Gasteiger partial charge on any atom is -0.479 e. The number of hydrogen-bond donors (Lipinski definition) is 1. The van der Waals surface area contributed by atoms with Gasteiger partial charge in [-0.15, -0.1) is 0 Å². The van der Waals surface area contributed by atoms with Gasteiger partial charge in [-0.3, -0.25) is 4.79 Å². The summed E-state index contributed by atoms with van der Waals surface area (Å²) < 4.78 is 15.3. The van der Waals surface area contributed by atoms with Crippen molar-refractivity contribution in [2.45, 2.75) is 6.92 Å². The number of anilines is 2. The number of benzene rings is 2. The molecule has 11 nitrogen and oxygen atoms in total. The highest BCUT2D eigenvalue weighted by molar-refractivity contribution is 6.33. The van der Waals surface area contributed by atoms with E-state index in [0.29, 0.717) is 41.9 Å². The molecule has 0 spiro atoms. The minimum atomic E-state index is -0.369. The average molecular weight is 574 g/mol. The molecule has 41 heavy (non-hydrogen) atoms. The number of nitriles is 1. The lowest BCUT2D eigenvalue weighted by Crippen LogP contribution is -2.20. The van der Waals surface area contributed by atoms with Crippen LogP contribution < -0.4 is 15.0 Å². The number of carbonyl (C=O) groups excluding carboxylic acids is 1. The predicted molar refractivity (Wildman–Crippen MR) is 154 cm³/mol. The van der Waals surface area contributed by atoms with E-state index in [1.807, 2.05) is 60.4 Å². The summed E-state index contributed by atoms with van der Waals surface area (Å²) in [6, 6.07) is 18.2. The van der Waals surface area contributed by atoms with Gasteiger partial charge in [-0.05, 0) is 56.1 Å². The zero-order valence-corrected chi connectivity index (χ0v) is 23.5. The van der Waals surface area contributed by atoms with Crippen LogP contribution in [0.25, 0.3) is 11.1 Å². The fourth-order valence-electron chi connectivity index (χ4n) is 3.61. The van der Waals surface area contributed by atoms with Crippen molar-refractivity contribution in [1.29, 1.82) is 5.26 Å². The van der Waals surface area contributed by atoms with Gasteiger partial charge in [0, 0.05) is 41.5 Å². The number of rotatable bonds is 8. The van der Waals surface area contributed by atoms with E-state index in [0.717, 1.165) is 16.8 Å². The maximum absolute atomic E-state index is 12.8. The van der Waals surface area contributed by atoms with Gasteiger partial charge in [0.05, 0.1) is 0 Å². The first-order chi connectivity index (χ1) is 19.8. The van der Waals surface area contributed by atoms with E-state index in [2.05, 4.69) is 31.0 Å². The fourth-order valence-corrected chi connectivity index (χ4v) is 3.90. The Morgan fingerprint density at radius 2 is 2.00 bits per heavy atom. The van der Waals surface area contributed by atoms with Crippen LogP contribution in [0.2, 0.25) is 5.02 Å². The summed E-state index contributed by atoms with van der Waals surface area (Å²) in [5, 5.41) is 15.8. The highest BCUT2D eigenvalue weighted by Gasteiger charge is 2.14. The summed E-state index contributed by atoms with van der Waals surface area (Å²) in [6.07, 6.45) is 4.90. The van der Waals surface area contributed by atoms with Crippen molar-refractivity contribution in [1.82, 2.24) is 20.0 Å². The number of nitrogens with one attached hydrogen (secondary N) is 1. The molecular weight excluding hydrogens is 546 g/mol. The van der Waals surface area contributed by atoms with Crippen molar-refractivity contribution >= 4 is 29.0 Å². The predicted octanol–water partition coefficient (Wildman–Crippen LogP) is 5.11. The van der Waals surface area contributed by atoms with Crippen LogP contribution in [0, 0.1) is 18.3 Å². The zero-order chi connectivity index (χ0) is 29.2. The Bertz CT molecular complexity index is 1530. The summed E-state index contributed by atoms with van der Waals surface area (Å²) >= 11 is 6.53. The first kappa shape index (κ1) is 29.1. The van der Waals surface area contributed by atoms with Crippen LogP contribution in [0.4, 0.5) is 11.5 Å². The first-order valence-electron chi connectivity index (χ1n) is 12.5. The van der Waals surface area contributed by atoms with E-state index in [1.54, 1.807) is 37.5 Å². The molecule has 0 saturated heterocycles. The second kappa shape index (κ2) is 13.9. The lowest BCUT2D eigenvalue weighted by molar-refractivity contribution is 0.102. The molecule has 0 unspecified atom stereocenters. The highest BCUT2D eigenvalue weighted by Crippen LogP contribution is 2.31. The Hall–Kier alpha value is -4.92. The monoisotopic (exact) mass is 573 g/mol. The molecule has 0 bridgehead atoms. The molecule has 2 aromatic carbocycles. The van der Waals surface area contributed by atoms with Gasteiger partial charge < -0.3 is 29.1 Å². The van der Waals surface area contributed by atoms with E-state index in [4.69, 9.17) is 21.1 Å². The standard InChI is InChI=1S/C26H24ClN5O3.C3H4N2O/c1-31(2)11-14-35-26-20(16-28)6-10-24(30-26)29-25(33)19-5-9-22(23(27)15-19)18-3-7-21(8-4-18)32-12-13-34-17-32;1-3-4-2-5-6-3/h3-10,12-13,15H,11,14,17H2,1-2H3,(H,29,30,33);2H,1H3. The first-order valence-corrected chi connectivity index (χ1v) is 12.9. The Balaban J connectivity index is 0.000000572. The minimum absolute atomic E-state index is 0.181. The quantitative estimate of drug-likeness (QED) is 0.303. The lowest BCUT2D eigenvalue weighted by Gasteiger charge is -2.14. The summed E-state index contributed by atoms with van der Waals surface area (Å²) in [7, 11) is 3.84. The molecule has 1 N–H and O–H groups in total. The van der Waals surface area contributed by atoms with E-state index in [1.165, 1.54) is 6.33 Å². The smallest absolute Gasteiger partial charge is 0.256 e. The third-order valence-corrected chi connectivity index (χ3v) is 6.08. The maximum Gasteiger partial charge on any atom is 0.256 e. The lowest BCUT2D eigenvalue weighted by atomic mass is 10.0. The van der Waals surface area contributed by atoms with Gasteiger partial charge in [-0.25, -0.2) is 0 Å². The molecule has 0 radical (unpaired) electrons. The number of halogens is 1. The van der Waals surface area contributed by atoms with E-state index < -0.39 is 0 Å². The Morgan fingerprint density at radius 3 is 2.59 bits per heavy atom. The molecule has 1 aliphatic heterocycles. The largest absolute Gasteiger partial charge is 0.479 e. The van der Waals surface area contributed by atoms with E-state index in [9.17, 15) is 10.1 Å². The number of carbonyl (C=O) groups is 1. The van der Waals surface area contributed by atoms with Crippen molar-refractivity contribution in [3.8, 4) is 23.1 Å². The molecule has 3 heterocycles. The number of ether oxygens (including phenoxy) is 2. The van der Waals surface area contributed by atoms with Crippen molar-refractivity contribution in [2.24, 2.45) is 0 Å². The average Bonchev–Trinajstić information content (AvgIpc) is 3.68. The highest BCUT2D eigenvalue weighted by atomic mass is 35.5. The SMILES string of the molecule is CN(C)CCOc1nc(NC(=O)c2ccc(-c3ccc(N4C=COC4)cc3)c(Cl)c2)ccc1C#N.Cc1ncno1. The van der Waals surface area contributed by atoms with Gasteiger partial charge in [0.2, 0.25) is 11.8 Å². The van der Waals surface area contributed by atoms with Crippen LogP contribution in [0.15, 0.2) is 77.9 Å². The van der Waals surface area contributed by atoms with Crippen molar-refractivity contribution in [3.05, 3.63) is 95.4 Å². The van der Waals surface area contributed by atoms with Crippen LogP contribution in [0.3, 0.4) is 0 Å². The van der Waals surface area contributed by atoms with Crippen LogP contribution in [0.5, 0.6) is 5.88 Å². The summed E-state index contributed by atoms with van der Waals surface area (Å²) in [5.74, 6) is 0.700. The maximum atomic E-state index is 12.8. The van der Waals surface area contributed by atoms with Gasteiger partial charge in [-0.2, -0.15) is 15.2 Å². The third kappa shape index (κ3) is 8.04. The second-order valence-corrected chi connectivity index (χ2v) is 9.43. The van der Waals surface area contributed by atoms with E-state index in [-0.39, 0.29) is 17.6 Å². The zero-order valence-electron chi connectivity index (χ0n) is 22.7. The molecule has 0 aliphatic carbocycles. The Kier molecular flexibility index (Phi) is 9.88. The van der Waals surface area contributed by atoms with Crippen molar-refractivity contribution < 1.29 is 18.8 Å². The molecule has 2 aromatic heterocycles. The van der Waals surface area contributed by atoms with Gasteiger partial charge in [0.25, 0.3) is 5.91 Å². The molecule has 0 fully saturated rings. The van der Waals surface area contributed by atoms with Crippen molar-refractivity contribution in [2.75, 3.05) is 44.2 Å². The molecule has 1 amide bonds. The number of amides is 1. The summed E-state index contributed by atoms with van der Waals surface area (Å²) in [5.41, 5.74) is 3.44. The topological polar surface area (TPSA) is 130 Å². The van der Waals surface area contributed by atoms with Crippen LogP contribution >= 0.6 is 11.6 Å². The van der Waals surface area contributed by atoms with Gasteiger partial charge in [0.15, 0.2) is 13.1 Å². The Labute approximate surface area is 242 Å². The second-order valence-electron chi connectivity index (χ2n) is 9.02. The van der Waals surface area contributed by atoms with Crippen LogP contribution in [-0.4, -0.2) is 59.9 Å². The molecule has 4 aromatic rings. The third-order valence-electron chi connectivity index (χ3n) is 5.76. The molecule has 12 heteroatoms. The number of nitrogens with zero attached hydrogens (tertiary/aromatic N) is 6. The van der Waals surface area contributed by atoms with Crippen LogP contribution in [-0.2, 0) is 4.74 Å². The normalized spacial score (nSPS) is 11.9. The van der Waals surface area contributed by atoms with Gasteiger partial charge >= 0.3 is 0 Å². The summed E-state index contributed by atoms with van der Waals surface area (Å²) in [4.78, 5) is 24.7. The molecular formula is C29H28ClN7O4. The van der Waals surface area contributed by atoms with Gasteiger partial charge in [-0.1, -0.05) is 35.0 Å². The van der Waals surface area contributed by atoms with Gasteiger partial charge in [0.1, 0.15) is 30.3 Å². The molecule has 0 saturated carbocycles. The number of likely N-dealkylation sites (N-methyl/N-ethyl adjacent to an activating group) is 1. The van der Waals surface area contributed by atoms with Crippen LogP contribution in [0.1, 0.15) is 21.8 Å². The summed E-state index contributed by atoms with van der Waals surface area (Å²) in [6.45, 7) is 3.27. The molecule has 0 atom stereocenters. The number of hydrogen-bond acceptors (Lipinski definition) is 10. The number of aryl methyl sites for hydroxylation is 1. The molecule has 5 rings (SSSR count). The van der Waals surface area contributed by atoms with E-state index >= 15 is 0 Å². The Morgan fingerprint density at radius 1 is 1.20 bits per heavy atom.